The number of hydrogen-bond donors (Lipinski definition) is 1. The number of rotatable bonds is 7. The number of nitrogens with one attached hydrogen (secondary N) is 1. The Balaban J connectivity index is 1.70. The number of halogens is 1. The fourth-order valence-electron chi connectivity index (χ4n) is 3.53. The van der Waals surface area contributed by atoms with Crippen LogP contribution in [0.25, 0.3) is 5.69 Å². The van der Waals surface area contributed by atoms with Crippen LogP contribution >= 0.6 is 11.6 Å². The summed E-state index contributed by atoms with van der Waals surface area (Å²) >= 11 is 6.23. The van der Waals surface area contributed by atoms with Gasteiger partial charge in [-0.25, -0.2) is 4.98 Å². The quantitative estimate of drug-likeness (QED) is 0.381. The van der Waals surface area contributed by atoms with E-state index in [1.54, 1.807) is 6.20 Å². The molecule has 3 aromatic carbocycles. The predicted octanol–water partition coefficient (Wildman–Crippen LogP) is 5.91. The minimum Gasteiger partial charge on any atom is -0.384 e. The number of aromatic nitrogens is 2. The molecule has 5 heteroatoms. The summed E-state index contributed by atoms with van der Waals surface area (Å²) in [7, 11) is 0. The van der Waals surface area contributed by atoms with Crippen LogP contribution in [0.3, 0.4) is 0 Å². The Labute approximate surface area is 181 Å². The van der Waals surface area contributed by atoms with Crippen LogP contribution in [0.4, 0.5) is 5.69 Å². The maximum Gasteiger partial charge on any atom is 0.207 e. The molecule has 0 unspecified atom stereocenters. The van der Waals surface area contributed by atoms with Crippen molar-refractivity contribution in [2.24, 2.45) is 0 Å². The first kappa shape index (κ1) is 19.9. The van der Waals surface area contributed by atoms with Crippen molar-refractivity contribution in [2.45, 2.75) is 12.8 Å². The first-order valence-electron chi connectivity index (χ1n) is 9.81. The molecule has 4 rings (SSSR count). The lowest BCUT2D eigenvalue weighted by atomic mass is 9.93. The number of ketones is 1. The molecule has 0 aliphatic rings. The average molecular weight is 416 g/mol. The number of carbonyl (C=O) groups excluding carboxylic acids is 1. The van der Waals surface area contributed by atoms with Gasteiger partial charge < -0.3 is 5.32 Å². The second kappa shape index (κ2) is 8.97. The van der Waals surface area contributed by atoms with E-state index in [-0.39, 0.29) is 5.78 Å². The highest BCUT2D eigenvalue weighted by atomic mass is 35.5. The molecule has 150 valence electrons. The van der Waals surface area contributed by atoms with Crippen LogP contribution in [0.1, 0.15) is 27.7 Å². The lowest BCUT2D eigenvalue weighted by molar-refractivity contribution is 0.0952. The number of aryl methyl sites for hydroxylation is 1. The third-order valence-electron chi connectivity index (χ3n) is 5.09. The highest BCUT2D eigenvalue weighted by molar-refractivity contribution is 6.30. The van der Waals surface area contributed by atoms with Gasteiger partial charge in [0.1, 0.15) is 0 Å². The molecule has 0 radical (unpaired) electrons. The van der Waals surface area contributed by atoms with Crippen molar-refractivity contribution in [3.05, 3.63) is 113 Å². The Morgan fingerprint density at radius 2 is 1.80 bits per heavy atom. The molecule has 0 aliphatic heterocycles. The topological polar surface area (TPSA) is 46.9 Å². The zero-order chi connectivity index (χ0) is 20.9. The van der Waals surface area contributed by atoms with E-state index in [4.69, 9.17) is 11.6 Å². The number of para-hydroxylation sites is 2. The summed E-state index contributed by atoms with van der Waals surface area (Å²) < 4.78 is 1.86. The van der Waals surface area contributed by atoms with Gasteiger partial charge in [-0.1, -0.05) is 60.1 Å². The molecular weight excluding hydrogens is 394 g/mol. The maximum absolute atomic E-state index is 13.7. The molecule has 4 aromatic rings. The van der Waals surface area contributed by atoms with E-state index in [0.717, 1.165) is 22.5 Å². The van der Waals surface area contributed by atoms with Gasteiger partial charge in [0.2, 0.25) is 5.78 Å². The highest BCUT2D eigenvalue weighted by Crippen LogP contribution is 2.26. The van der Waals surface area contributed by atoms with Gasteiger partial charge in [0, 0.05) is 29.6 Å². The monoisotopic (exact) mass is 415 g/mol. The number of anilines is 1. The zero-order valence-corrected chi connectivity index (χ0v) is 17.4. The third kappa shape index (κ3) is 4.29. The molecule has 0 fully saturated rings. The number of nitrogens with zero attached hydrogens (tertiary/aromatic N) is 2. The van der Waals surface area contributed by atoms with Crippen LogP contribution in [0.15, 0.2) is 91.3 Å². The molecule has 1 atom stereocenters. The summed E-state index contributed by atoms with van der Waals surface area (Å²) in [4.78, 5) is 18.1. The lowest BCUT2D eigenvalue weighted by Crippen LogP contribution is -2.24. The van der Waals surface area contributed by atoms with E-state index in [2.05, 4.69) is 10.3 Å². The van der Waals surface area contributed by atoms with Crippen molar-refractivity contribution in [1.29, 1.82) is 0 Å². The standard InChI is InChI=1S/C25H22ClN3O/c1-18-8-5-6-13-23(18)29-15-14-27-25(29)24(30)22(19-9-7-10-20(26)16-19)17-28-21-11-3-2-4-12-21/h2-16,22,28H,17H2,1H3/t22-/m1/s1. The van der Waals surface area contributed by atoms with Crippen LogP contribution in [-0.2, 0) is 0 Å². The first-order chi connectivity index (χ1) is 14.6. The van der Waals surface area contributed by atoms with Crippen LogP contribution in [0, 0.1) is 6.92 Å². The number of Topliss-reactive ketones (excluding diaryl/α,β-unsaturated/α-hetero) is 1. The fraction of sp³-hybridized carbons (Fsp3) is 0.120. The molecule has 0 bridgehead atoms. The highest BCUT2D eigenvalue weighted by Gasteiger charge is 2.26. The minimum atomic E-state index is -0.436. The minimum absolute atomic E-state index is 0.0612. The Morgan fingerprint density at radius 1 is 1.03 bits per heavy atom. The van der Waals surface area contributed by atoms with E-state index in [9.17, 15) is 4.79 Å². The molecule has 30 heavy (non-hydrogen) atoms. The Morgan fingerprint density at radius 3 is 2.57 bits per heavy atom. The second-order valence-electron chi connectivity index (χ2n) is 7.13. The molecule has 1 N–H and O–H groups in total. The van der Waals surface area contributed by atoms with Gasteiger partial charge in [0.15, 0.2) is 5.82 Å². The molecular formula is C25H22ClN3O. The molecule has 0 saturated carbocycles. The summed E-state index contributed by atoms with van der Waals surface area (Å²) in [5.74, 6) is -0.0906. The van der Waals surface area contributed by atoms with E-state index in [1.165, 1.54) is 0 Å². The van der Waals surface area contributed by atoms with E-state index in [1.807, 2.05) is 96.6 Å². The van der Waals surface area contributed by atoms with Crippen LogP contribution < -0.4 is 5.32 Å². The van der Waals surface area contributed by atoms with Gasteiger partial charge >= 0.3 is 0 Å². The van der Waals surface area contributed by atoms with Crippen molar-refractivity contribution in [3.63, 3.8) is 0 Å². The summed E-state index contributed by atoms with van der Waals surface area (Å²) in [5, 5.41) is 3.98. The summed E-state index contributed by atoms with van der Waals surface area (Å²) in [6.45, 7) is 2.46. The fourth-order valence-corrected chi connectivity index (χ4v) is 3.73. The predicted molar refractivity (Wildman–Crippen MR) is 122 cm³/mol. The Kier molecular flexibility index (Phi) is 5.96. The van der Waals surface area contributed by atoms with Gasteiger partial charge in [-0.05, 0) is 48.4 Å². The lowest BCUT2D eigenvalue weighted by Gasteiger charge is -2.19. The molecule has 1 aromatic heterocycles. The largest absolute Gasteiger partial charge is 0.384 e. The van der Waals surface area contributed by atoms with Crippen molar-refractivity contribution in [2.75, 3.05) is 11.9 Å². The molecule has 0 amide bonds. The smallest absolute Gasteiger partial charge is 0.207 e. The van der Waals surface area contributed by atoms with E-state index < -0.39 is 5.92 Å². The van der Waals surface area contributed by atoms with Gasteiger partial charge in [-0.2, -0.15) is 0 Å². The van der Waals surface area contributed by atoms with Crippen molar-refractivity contribution in [1.82, 2.24) is 9.55 Å². The van der Waals surface area contributed by atoms with Crippen molar-refractivity contribution >= 4 is 23.1 Å². The van der Waals surface area contributed by atoms with E-state index >= 15 is 0 Å². The number of imidazole rings is 1. The van der Waals surface area contributed by atoms with Gasteiger partial charge in [0.25, 0.3) is 0 Å². The Hall–Kier alpha value is -3.37. The van der Waals surface area contributed by atoms with Crippen LogP contribution in [0.2, 0.25) is 5.02 Å². The average Bonchev–Trinajstić information content (AvgIpc) is 3.24. The summed E-state index contributed by atoms with van der Waals surface area (Å²) in [6, 6.07) is 25.3. The third-order valence-corrected chi connectivity index (χ3v) is 5.32. The first-order valence-corrected chi connectivity index (χ1v) is 10.2. The molecule has 4 nitrogen and oxygen atoms in total. The van der Waals surface area contributed by atoms with Gasteiger partial charge in [0.05, 0.1) is 11.6 Å². The zero-order valence-electron chi connectivity index (χ0n) is 16.6. The summed E-state index contributed by atoms with van der Waals surface area (Å²) in [5.41, 5.74) is 3.83. The normalized spacial score (nSPS) is 11.8. The van der Waals surface area contributed by atoms with Crippen LogP contribution in [0.5, 0.6) is 0 Å². The van der Waals surface area contributed by atoms with E-state index in [0.29, 0.717) is 17.4 Å². The second-order valence-corrected chi connectivity index (χ2v) is 7.56. The molecule has 0 aliphatic carbocycles. The van der Waals surface area contributed by atoms with Gasteiger partial charge in [-0.3, -0.25) is 9.36 Å². The van der Waals surface area contributed by atoms with Crippen molar-refractivity contribution < 1.29 is 4.79 Å². The van der Waals surface area contributed by atoms with Gasteiger partial charge in [-0.15, -0.1) is 0 Å². The molecule has 0 saturated heterocycles. The number of benzene rings is 3. The SMILES string of the molecule is Cc1ccccc1-n1ccnc1C(=O)[C@H](CNc1ccccc1)c1cccc(Cl)c1. The van der Waals surface area contributed by atoms with Crippen molar-refractivity contribution in [3.8, 4) is 5.69 Å². The Bertz CT molecular complexity index is 1150. The molecule has 0 spiro atoms. The summed E-state index contributed by atoms with van der Waals surface area (Å²) in [6.07, 6.45) is 3.49. The number of carbonyl (C=O) groups is 1. The van der Waals surface area contributed by atoms with Crippen LogP contribution in [-0.4, -0.2) is 21.9 Å². The maximum atomic E-state index is 13.7. The molecule has 1 heterocycles. The number of hydrogen-bond acceptors (Lipinski definition) is 3.